The SMILES string of the molecule is N#Cc1c(N)ccc(F)c1Cl. The monoisotopic (exact) mass is 170 g/mol. The molecule has 0 aliphatic heterocycles. The Balaban J connectivity index is 3.44. The zero-order valence-corrected chi connectivity index (χ0v) is 6.19. The molecule has 2 nitrogen and oxygen atoms in total. The van der Waals surface area contributed by atoms with Crippen LogP contribution in [-0.2, 0) is 0 Å². The summed E-state index contributed by atoms with van der Waals surface area (Å²) in [5.74, 6) is -0.627. The molecule has 0 aliphatic carbocycles. The van der Waals surface area contributed by atoms with Crippen molar-refractivity contribution in [3.05, 3.63) is 28.5 Å². The van der Waals surface area contributed by atoms with Crippen molar-refractivity contribution in [3.8, 4) is 6.07 Å². The van der Waals surface area contributed by atoms with E-state index < -0.39 is 5.82 Å². The highest BCUT2D eigenvalue weighted by Crippen LogP contribution is 2.23. The molecule has 0 fully saturated rings. The van der Waals surface area contributed by atoms with E-state index in [1.165, 1.54) is 6.07 Å². The summed E-state index contributed by atoms with van der Waals surface area (Å²) in [6, 6.07) is 4.14. The number of anilines is 1. The van der Waals surface area contributed by atoms with Crippen molar-refractivity contribution in [1.82, 2.24) is 0 Å². The molecule has 0 atom stereocenters. The molecule has 56 valence electrons. The largest absolute Gasteiger partial charge is 0.398 e. The van der Waals surface area contributed by atoms with Crippen LogP contribution in [0.4, 0.5) is 10.1 Å². The van der Waals surface area contributed by atoms with Crippen LogP contribution in [-0.4, -0.2) is 0 Å². The number of nitrogen functional groups attached to an aromatic ring is 1. The molecule has 11 heavy (non-hydrogen) atoms. The predicted molar refractivity (Wildman–Crippen MR) is 40.5 cm³/mol. The molecule has 0 heterocycles. The molecular weight excluding hydrogens is 167 g/mol. The van der Waals surface area contributed by atoms with Crippen LogP contribution in [0.15, 0.2) is 12.1 Å². The minimum absolute atomic E-state index is 0.00772. The molecule has 0 radical (unpaired) electrons. The van der Waals surface area contributed by atoms with Gasteiger partial charge in [-0.15, -0.1) is 0 Å². The van der Waals surface area contributed by atoms with Crippen LogP contribution in [0.1, 0.15) is 5.56 Å². The lowest BCUT2D eigenvalue weighted by atomic mass is 10.2. The van der Waals surface area contributed by atoms with E-state index in [1.54, 1.807) is 6.07 Å². The Kier molecular flexibility index (Phi) is 1.97. The van der Waals surface area contributed by atoms with Crippen molar-refractivity contribution in [1.29, 1.82) is 5.26 Å². The van der Waals surface area contributed by atoms with Crippen molar-refractivity contribution in [3.63, 3.8) is 0 Å². The molecule has 0 unspecified atom stereocenters. The molecule has 0 aliphatic rings. The van der Waals surface area contributed by atoms with Gasteiger partial charge in [-0.3, -0.25) is 0 Å². The van der Waals surface area contributed by atoms with Gasteiger partial charge in [-0.05, 0) is 12.1 Å². The van der Waals surface area contributed by atoms with E-state index in [2.05, 4.69) is 0 Å². The van der Waals surface area contributed by atoms with Crippen molar-refractivity contribution in [2.45, 2.75) is 0 Å². The third-order valence-corrected chi connectivity index (χ3v) is 1.61. The molecule has 2 N–H and O–H groups in total. The highest BCUT2D eigenvalue weighted by atomic mass is 35.5. The van der Waals surface area contributed by atoms with Crippen LogP contribution in [0.5, 0.6) is 0 Å². The molecule has 1 aromatic carbocycles. The van der Waals surface area contributed by atoms with Crippen molar-refractivity contribution < 1.29 is 4.39 Å². The van der Waals surface area contributed by atoms with Crippen molar-refractivity contribution in [2.75, 3.05) is 5.73 Å². The summed E-state index contributed by atoms with van der Waals surface area (Å²) in [4.78, 5) is 0. The molecule has 0 aromatic heterocycles. The number of hydrogen-bond donors (Lipinski definition) is 1. The van der Waals surface area contributed by atoms with E-state index in [0.29, 0.717) is 0 Å². The second-order valence-electron chi connectivity index (χ2n) is 1.94. The van der Waals surface area contributed by atoms with E-state index >= 15 is 0 Å². The summed E-state index contributed by atoms with van der Waals surface area (Å²) in [6.07, 6.45) is 0. The molecule has 0 saturated heterocycles. The number of halogens is 2. The maximum absolute atomic E-state index is 12.6. The molecule has 1 rings (SSSR count). The number of nitriles is 1. The normalized spacial score (nSPS) is 9.18. The molecule has 4 heteroatoms. The van der Waals surface area contributed by atoms with Crippen LogP contribution in [0, 0.1) is 17.1 Å². The topological polar surface area (TPSA) is 49.8 Å². The van der Waals surface area contributed by atoms with Gasteiger partial charge in [0, 0.05) is 0 Å². The second-order valence-corrected chi connectivity index (χ2v) is 2.32. The summed E-state index contributed by atoms with van der Waals surface area (Å²) < 4.78 is 12.6. The van der Waals surface area contributed by atoms with Gasteiger partial charge in [0.05, 0.1) is 16.3 Å². The highest BCUT2D eigenvalue weighted by Gasteiger charge is 2.08. The fraction of sp³-hybridized carbons (Fsp3) is 0. The van der Waals surface area contributed by atoms with E-state index in [0.717, 1.165) is 6.07 Å². The van der Waals surface area contributed by atoms with Gasteiger partial charge in [0.25, 0.3) is 0 Å². The zero-order chi connectivity index (χ0) is 8.43. The first kappa shape index (κ1) is 7.83. The Morgan fingerprint density at radius 1 is 1.55 bits per heavy atom. The maximum Gasteiger partial charge on any atom is 0.143 e. The Hall–Kier alpha value is -1.27. The van der Waals surface area contributed by atoms with Gasteiger partial charge in [0.1, 0.15) is 11.9 Å². The second kappa shape index (κ2) is 2.77. The van der Waals surface area contributed by atoms with Gasteiger partial charge >= 0.3 is 0 Å². The van der Waals surface area contributed by atoms with Crippen molar-refractivity contribution in [2.24, 2.45) is 0 Å². The maximum atomic E-state index is 12.6. The van der Waals surface area contributed by atoms with E-state index in [4.69, 9.17) is 22.6 Å². The quantitative estimate of drug-likeness (QED) is 0.605. The minimum Gasteiger partial charge on any atom is -0.398 e. The van der Waals surface area contributed by atoms with Gasteiger partial charge in [0.2, 0.25) is 0 Å². The lowest BCUT2D eigenvalue weighted by Crippen LogP contribution is -1.92. The Bertz CT molecular complexity index is 330. The predicted octanol–water partition coefficient (Wildman–Crippen LogP) is 1.93. The summed E-state index contributed by atoms with van der Waals surface area (Å²) in [7, 11) is 0. The van der Waals surface area contributed by atoms with E-state index in [1.807, 2.05) is 0 Å². The van der Waals surface area contributed by atoms with Crippen LogP contribution >= 0.6 is 11.6 Å². The van der Waals surface area contributed by atoms with E-state index in [-0.39, 0.29) is 16.3 Å². The highest BCUT2D eigenvalue weighted by molar-refractivity contribution is 6.32. The third-order valence-electron chi connectivity index (χ3n) is 1.24. The minimum atomic E-state index is -0.627. The Labute approximate surface area is 68.0 Å². The van der Waals surface area contributed by atoms with Gasteiger partial charge in [-0.1, -0.05) is 11.6 Å². The number of rotatable bonds is 0. The van der Waals surface area contributed by atoms with E-state index in [9.17, 15) is 4.39 Å². The standard InChI is InChI=1S/C7H4ClFN2/c8-7-4(3-10)6(11)2-1-5(7)9/h1-2H,11H2. The summed E-state index contributed by atoms with van der Waals surface area (Å²) in [5, 5.41) is 8.23. The fourth-order valence-corrected chi connectivity index (χ4v) is 0.894. The van der Waals surface area contributed by atoms with Gasteiger partial charge in [0.15, 0.2) is 0 Å². The average molecular weight is 171 g/mol. The molecule has 1 aromatic rings. The zero-order valence-electron chi connectivity index (χ0n) is 5.44. The number of nitrogens with two attached hydrogens (primary N) is 1. The van der Waals surface area contributed by atoms with Gasteiger partial charge in [-0.25, -0.2) is 4.39 Å². The smallest absolute Gasteiger partial charge is 0.143 e. The first-order chi connectivity index (χ1) is 5.16. The van der Waals surface area contributed by atoms with Crippen molar-refractivity contribution >= 4 is 17.3 Å². The summed E-state index contributed by atoms with van der Waals surface area (Å²) in [6.45, 7) is 0. The molecule has 0 saturated carbocycles. The average Bonchev–Trinajstić information content (AvgIpc) is 1.99. The third kappa shape index (κ3) is 1.26. The number of nitrogens with zero attached hydrogens (tertiary/aromatic N) is 1. The molecular formula is C7H4ClFN2. The Morgan fingerprint density at radius 2 is 2.18 bits per heavy atom. The van der Waals surface area contributed by atoms with Crippen LogP contribution < -0.4 is 5.73 Å². The number of benzene rings is 1. The summed E-state index contributed by atoms with van der Waals surface area (Å²) >= 11 is 5.42. The van der Waals surface area contributed by atoms with Crippen LogP contribution in [0.2, 0.25) is 5.02 Å². The lowest BCUT2D eigenvalue weighted by molar-refractivity contribution is 0.628. The molecule has 0 bridgehead atoms. The Morgan fingerprint density at radius 3 is 2.64 bits per heavy atom. The van der Waals surface area contributed by atoms with Gasteiger partial charge < -0.3 is 5.73 Å². The number of hydrogen-bond acceptors (Lipinski definition) is 2. The van der Waals surface area contributed by atoms with Gasteiger partial charge in [-0.2, -0.15) is 5.26 Å². The first-order valence-electron chi connectivity index (χ1n) is 2.80. The first-order valence-corrected chi connectivity index (χ1v) is 3.18. The van der Waals surface area contributed by atoms with Crippen LogP contribution in [0.3, 0.4) is 0 Å². The lowest BCUT2D eigenvalue weighted by Gasteiger charge is -1.99. The van der Waals surface area contributed by atoms with Crippen LogP contribution in [0.25, 0.3) is 0 Å². The summed E-state index contributed by atoms with van der Waals surface area (Å²) in [5.41, 5.74) is 5.51. The molecule has 0 spiro atoms. The molecule has 0 amide bonds. The fourth-order valence-electron chi connectivity index (χ4n) is 0.679.